The maximum Gasteiger partial charge on any atom is 0.320 e. The molecule has 3 N–H and O–H groups in total. The van der Waals surface area contributed by atoms with Crippen LogP contribution in [0, 0.1) is 22.7 Å². The summed E-state index contributed by atoms with van der Waals surface area (Å²) in [6, 6.07) is 3.38. The highest BCUT2D eigenvalue weighted by Crippen LogP contribution is 1.97. The smallest absolute Gasteiger partial charge is 0.320 e. The first-order valence-electron chi connectivity index (χ1n) is 5.63. The maximum atomic E-state index is 10.9. The quantitative estimate of drug-likeness (QED) is 0.470. The van der Waals surface area contributed by atoms with E-state index in [-0.39, 0.29) is 0 Å². The molecule has 0 aromatic rings. The van der Waals surface area contributed by atoms with E-state index in [1.807, 2.05) is 12.1 Å². The van der Waals surface area contributed by atoms with E-state index in [1.54, 1.807) is 0 Å². The Kier molecular flexibility index (Phi) is 9.83. The number of rotatable bonds is 10. The summed E-state index contributed by atoms with van der Waals surface area (Å²) in [5.41, 5.74) is 0. The molecule has 0 spiro atoms. The number of carboxylic acids is 1. The Morgan fingerprint density at radius 3 is 2.41 bits per heavy atom. The second-order valence-electron chi connectivity index (χ2n) is 3.55. The number of hydrogen-bond donors (Lipinski definition) is 3. The van der Waals surface area contributed by atoms with Crippen LogP contribution in [0.1, 0.15) is 25.7 Å². The van der Waals surface area contributed by atoms with Gasteiger partial charge in [0.25, 0.3) is 0 Å². The van der Waals surface area contributed by atoms with Crippen LogP contribution in [0.4, 0.5) is 0 Å². The number of nitrogens with one attached hydrogen (secondary N) is 2. The normalized spacial score (nSPS) is 11.4. The molecule has 0 aliphatic rings. The summed E-state index contributed by atoms with van der Waals surface area (Å²) in [4.78, 5) is 10.9. The van der Waals surface area contributed by atoms with Gasteiger partial charge >= 0.3 is 5.97 Å². The lowest BCUT2D eigenvalue weighted by molar-refractivity contribution is -0.139. The summed E-state index contributed by atoms with van der Waals surface area (Å²) in [7, 11) is 0. The van der Waals surface area contributed by atoms with Crippen molar-refractivity contribution in [3.05, 3.63) is 0 Å². The molecule has 94 valence electrons. The van der Waals surface area contributed by atoms with Crippen molar-refractivity contribution in [1.82, 2.24) is 10.6 Å². The Morgan fingerprint density at radius 2 is 1.82 bits per heavy atom. The van der Waals surface area contributed by atoms with Crippen molar-refractivity contribution in [2.45, 2.75) is 31.7 Å². The molecular formula is C11H18N4O2. The molecule has 1 atom stereocenters. The third-order valence-electron chi connectivity index (χ3n) is 2.19. The van der Waals surface area contributed by atoms with Gasteiger partial charge in [-0.3, -0.25) is 4.79 Å². The van der Waals surface area contributed by atoms with Crippen LogP contribution in [0.2, 0.25) is 0 Å². The van der Waals surface area contributed by atoms with Crippen LogP contribution in [0.3, 0.4) is 0 Å². The van der Waals surface area contributed by atoms with Crippen molar-refractivity contribution in [3.8, 4) is 12.1 Å². The predicted octanol–water partition coefficient (Wildman–Crippen LogP) is 0.226. The van der Waals surface area contributed by atoms with Crippen molar-refractivity contribution in [2.24, 2.45) is 0 Å². The summed E-state index contributed by atoms with van der Waals surface area (Å²) in [5, 5.41) is 31.4. The zero-order chi connectivity index (χ0) is 12.9. The fourth-order valence-electron chi connectivity index (χ4n) is 1.32. The largest absolute Gasteiger partial charge is 0.480 e. The molecule has 0 aliphatic heterocycles. The second kappa shape index (κ2) is 10.9. The van der Waals surface area contributed by atoms with Crippen molar-refractivity contribution < 1.29 is 9.90 Å². The van der Waals surface area contributed by atoms with Crippen molar-refractivity contribution in [1.29, 1.82) is 10.5 Å². The SMILES string of the molecule is N#CCCNCCCC(NCCC#N)C(=O)O. The van der Waals surface area contributed by atoms with Gasteiger partial charge in [0, 0.05) is 25.9 Å². The number of aliphatic carboxylic acids is 1. The van der Waals surface area contributed by atoms with Crippen molar-refractivity contribution in [3.63, 3.8) is 0 Å². The zero-order valence-corrected chi connectivity index (χ0v) is 9.78. The van der Waals surface area contributed by atoms with Crippen LogP contribution < -0.4 is 10.6 Å². The molecule has 0 amide bonds. The van der Waals surface area contributed by atoms with E-state index in [1.165, 1.54) is 0 Å². The lowest BCUT2D eigenvalue weighted by atomic mass is 10.1. The van der Waals surface area contributed by atoms with E-state index in [2.05, 4.69) is 10.6 Å². The van der Waals surface area contributed by atoms with E-state index >= 15 is 0 Å². The Hall–Kier alpha value is -1.63. The minimum atomic E-state index is -0.889. The van der Waals surface area contributed by atoms with Gasteiger partial charge in [-0.1, -0.05) is 0 Å². The van der Waals surface area contributed by atoms with Gasteiger partial charge in [-0.2, -0.15) is 10.5 Å². The lowest BCUT2D eigenvalue weighted by Crippen LogP contribution is -2.37. The van der Waals surface area contributed by atoms with Crippen LogP contribution in [0.25, 0.3) is 0 Å². The molecule has 6 heteroatoms. The monoisotopic (exact) mass is 238 g/mol. The Labute approximate surface area is 101 Å². The molecule has 0 saturated carbocycles. The van der Waals surface area contributed by atoms with Crippen LogP contribution >= 0.6 is 0 Å². The summed E-state index contributed by atoms with van der Waals surface area (Å²) in [6.07, 6.45) is 2.01. The fourth-order valence-corrected chi connectivity index (χ4v) is 1.32. The van der Waals surface area contributed by atoms with E-state index in [9.17, 15) is 4.79 Å². The van der Waals surface area contributed by atoms with Crippen LogP contribution in [-0.2, 0) is 4.79 Å². The van der Waals surface area contributed by atoms with Gasteiger partial charge in [0.1, 0.15) is 6.04 Å². The first-order chi connectivity index (χ1) is 8.22. The molecule has 0 aromatic carbocycles. The van der Waals surface area contributed by atoms with Gasteiger partial charge in [0.15, 0.2) is 0 Å². The van der Waals surface area contributed by atoms with Gasteiger partial charge in [-0.05, 0) is 19.4 Å². The standard InChI is InChI=1S/C11H18N4O2/c12-5-2-8-14-7-1-4-10(11(16)17)15-9-3-6-13/h10,14-15H,1-4,7-9H2,(H,16,17). The number of carbonyl (C=O) groups is 1. The average Bonchev–Trinajstić information content (AvgIpc) is 2.31. The Morgan fingerprint density at radius 1 is 1.18 bits per heavy atom. The van der Waals surface area contributed by atoms with E-state index in [0.29, 0.717) is 38.9 Å². The Balaban J connectivity index is 3.61. The molecule has 0 saturated heterocycles. The topological polar surface area (TPSA) is 109 Å². The predicted molar refractivity (Wildman–Crippen MR) is 62.0 cm³/mol. The van der Waals surface area contributed by atoms with Gasteiger partial charge < -0.3 is 15.7 Å². The lowest BCUT2D eigenvalue weighted by Gasteiger charge is -2.13. The summed E-state index contributed by atoms with van der Waals surface area (Å²) in [5.74, 6) is -0.889. The number of carboxylic acid groups (broad SMARTS) is 1. The Bertz CT molecular complexity index is 293. The van der Waals surface area contributed by atoms with Gasteiger partial charge in [0.05, 0.1) is 12.1 Å². The third kappa shape index (κ3) is 9.31. The second-order valence-corrected chi connectivity index (χ2v) is 3.55. The van der Waals surface area contributed by atoms with Crippen molar-refractivity contribution >= 4 is 5.97 Å². The summed E-state index contributed by atoms with van der Waals surface area (Å²) >= 11 is 0. The molecular weight excluding hydrogens is 220 g/mol. The molecule has 0 radical (unpaired) electrons. The summed E-state index contributed by atoms with van der Waals surface area (Å²) < 4.78 is 0. The molecule has 0 rings (SSSR count). The van der Waals surface area contributed by atoms with Crippen molar-refractivity contribution in [2.75, 3.05) is 19.6 Å². The van der Waals surface area contributed by atoms with Crippen LogP contribution in [0.15, 0.2) is 0 Å². The zero-order valence-electron chi connectivity index (χ0n) is 9.78. The van der Waals surface area contributed by atoms with Crippen LogP contribution in [-0.4, -0.2) is 36.8 Å². The molecule has 1 unspecified atom stereocenters. The van der Waals surface area contributed by atoms with Gasteiger partial charge in [-0.25, -0.2) is 0 Å². The minimum Gasteiger partial charge on any atom is -0.480 e. The number of hydrogen-bond acceptors (Lipinski definition) is 5. The molecule has 0 aromatic heterocycles. The highest BCUT2D eigenvalue weighted by Gasteiger charge is 2.15. The number of nitrogens with zero attached hydrogens (tertiary/aromatic N) is 2. The van der Waals surface area contributed by atoms with Gasteiger partial charge in [0.2, 0.25) is 0 Å². The fraction of sp³-hybridized carbons (Fsp3) is 0.727. The molecule has 0 heterocycles. The molecule has 0 bridgehead atoms. The molecule has 0 aliphatic carbocycles. The average molecular weight is 238 g/mol. The first kappa shape index (κ1) is 15.4. The highest BCUT2D eigenvalue weighted by atomic mass is 16.4. The van der Waals surface area contributed by atoms with Gasteiger partial charge in [-0.15, -0.1) is 0 Å². The minimum absolute atomic E-state index is 0.310. The molecule has 6 nitrogen and oxygen atoms in total. The first-order valence-corrected chi connectivity index (χ1v) is 5.63. The highest BCUT2D eigenvalue weighted by molar-refractivity contribution is 5.73. The third-order valence-corrected chi connectivity index (χ3v) is 2.19. The van der Waals surface area contributed by atoms with E-state index in [0.717, 1.165) is 6.42 Å². The van der Waals surface area contributed by atoms with E-state index in [4.69, 9.17) is 15.6 Å². The number of nitriles is 2. The molecule has 17 heavy (non-hydrogen) atoms. The van der Waals surface area contributed by atoms with Crippen LogP contribution in [0.5, 0.6) is 0 Å². The maximum absolute atomic E-state index is 10.9. The van der Waals surface area contributed by atoms with E-state index < -0.39 is 12.0 Å². The molecule has 0 fully saturated rings. The summed E-state index contributed by atoms with van der Waals surface area (Å²) in [6.45, 7) is 1.73.